The number of carboxylic acid groups (broad SMARTS) is 1. The molecule has 2 rings (SSSR count). The van der Waals surface area contributed by atoms with Crippen LogP contribution in [0.5, 0.6) is 11.5 Å². The molecule has 0 aliphatic heterocycles. The second-order valence-electron chi connectivity index (χ2n) is 4.48. The highest BCUT2D eigenvalue weighted by atomic mass is 32.2. The van der Waals surface area contributed by atoms with Gasteiger partial charge in [0.15, 0.2) is 5.69 Å². The maximum Gasteiger partial charge on any atom is 0.354 e. The highest BCUT2D eigenvalue weighted by Crippen LogP contribution is 2.31. The molecule has 1 aromatic carbocycles. The summed E-state index contributed by atoms with van der Waals surface area (Å²) in [4.78, 5) is 25.5. The topological polar surface area (TPSA) is 174 Å². The normalized spacial score (nSPS) is 11.0. The minimum absolute atomic E-state index is 0.184. The number of pyridine rings is 1. The number of carboxylic acids is 1. The van der Waals surface area contributed by atoms with Gasteiger partial charge in [-0.1, -0.05) is 6.07 Å². The molecule has 11 heteroatoms. The van der Waals surface area contributed by atoms with Gasteiger partial charge in [-0.3, -0.25) is 9.35 Å². The van der Waals surface area contributed by atoms with E-state index < -0.39 is 44.0 Å². The third-order valence-electron chi connectivity index (χ3n) is 2.79. The van der Waals surface area contributed by atoms with E-state index >= 15 is 0 Å². The summed E-state index contributed by atoms with van der Waals surface area (Å²) in [5.74, 6) is -4.38. The molecule has 0 saturated carbocycles. The van der Waals surface area contributed by atoms with Crippen molar-refractivity contribution >= 4 is 27.8 Å². The lowest BCUT2D eigenvalue weighted by Crippen LogP contribution is -2.15. The number of nitrogens with zero attached hydrogens (tertiary/aromatic N) is 1. The Bertz CT molecular complexity index is 939. The van der Waals surface area contributed by atoms with E-state index in [4.69, 9.17) is 9.66 Å². The third-order valence-corrected chi connectivity index (χ3v) is 3.66. The fourth-order valence-electron chi connectivity index (χ4n) is 1.77. The molecular formula is C13H10N2O8S. The van der Waals surface area contributed by atoms with Crippen LogP contribution in [0, 0.1) is 0 Å². The van der Waals surface area contributed by atoms with Crippen molar-refractivity contribution in [2.45, 2.75) is 4.90 Å². The van der Waals surface area contributed by atoms with E-state index in [0.29, 0.717) is 6.07 Å². The van der Waals surface area contributed by atoms with Crippen LogP contribution in [-0.4, -0.2) is 45.2 Å². The summed E-state index contributed by atoms with van der Waals surface area (Å²) in [6, 6.07) is 5.07. The van der Waals surface area contributed by atoms with Crippen LogP contribution in [0.1, 0.15) is 20.8 Å². The number of anilines is 1. The monoisotopic (exact) mass is 354 g/mol. The number of phenols is 2. The maximum atomic E-state index is 12.1. The van der Waals surface area contributed by atoms with Crippen LogP contribution < -0.4 is 5.32 Å². The molecule has 1 aromatic heterocycles. The number of carbonyl (C=O) groups excluding carboxylic acids is 1. The molecule has 2 aromatic rings. The number of benzene rings is 1. The van der Waals surface area contributed by atoms with Gasteiger partial charge in [-0.25, -0.2) is 9.78 Å². The van der Waals surface area contributed by atoms with Crippen molar-refractivity contribution < 1.29 is 37.9 Å². The van der Waals surface area contributed by atoms with Crippen molar-refractivity contribution in [2.24, 2.45) is 0 Å². The van der Waals surface area contributed by atoms with Gasteiger partial charge in [-0.2, -0.15) is 8.42 Å². The van der Waals surface area contributed by atoms with E-state index in [9.17, 15) is 28.2 Å². The van der Waals surface area contributed by atoms with Crippen molar-refractivity contribution in [1.29, 1.82) is 0 Å². The first-order chi connectivity index (χ1) is 11.1. The average Bonchev–Trinajstić information content (AvgIpc) is 2.48. The Morgan fingerprint density at radius 2 is 1.79 bits per heavy atom. The minimum Gasteiger partial charge on any atom is -0.508 e. The van der Waals surface area contributed by atoms with Crippen LogP contribution in [0.25, 0.3) is 0 Å². The van der Waals surface area contributed by atoms with E-state index in [1.165, 1.54) is 18.2 Å². The minimum atomic E-state index is -4.89. The molecule has 5 N–H and O–H groups in total. The van der Waals surface area contributed by atoms with Crippen LogP contribution in [0.4, 0.5) is 5.82 Å². The van der Waals surface area contributed by atoms with E-state index in [1.54, 1.807) is 0 Å². The summed E-state index contributed by atoms with van der Waals surface area (Å²) >= 11 is 0. The van der Waals surface area contributed by atoms with E-state index in [1.807, 2.05) is 0 Å². The Hall–Kier alpha value is -3.18. The maximum absolute atomic E-state index is 12.1. The largest absolute Gasteiger partial charge is 0.508 e. The van der Waals surface area contributed by atoms with Gasteiger partial charge in [0, 0.05) is 6.07 Å². The molecule has 0 aliphatic rings. The lowest BCUT2D eigenvalue weighted by atomic mass is 10.1. The molecule has 10 nitrogen and oxygen atoms in total. The number of amides is 1. The van der Waals surface area contributed by atoms with Gasteiger partial charge in [0.25, 0.3) is 16.0 Å². The highest BCUT2D eigenvalue weighted by molar-refractivity contribution is 7.86. The molecule has 0 aliphatic carbocycles. The molecule has 0 unspecified atom stereocenters. The molecule has 0 fully saturated rings. The number of aromatic hydroxyl groups is 2. The third kappa shape index (κ3) is 3.59. The summed E-state index contributed by atoms with van der Waals surface area (Å²) in [7, 11) is -4.89. The number of rotatable bonds is 4. The van der Waals surface area contributed by atoms with Gasteiger partial charge in [-0.15, -0.1) is 0 Å². The summed E-state index contributed by atoms with van der Waals surface area (Å²) in [6.45, 7) is 0. The Labute approximate surface area is 134 Å². The molecule has 1 heterocycles. The summed E-state index contributed by atoms with van der Waals surface area (Å²) in [6.07, 6.45) is 0. The van der Waals surface area contributed by atoms with Crippen molar-refractivity contribution in [3.8, 4) is 11.5 Å². The molecule has 0 spiro atoms. The van der Waals surface area contributed by atoms with Crippen molar-refractivity contribution in [1.82, 2.24) is 4.98 Å². The first-order valence-corrected chi connectivity index (χ1v) is 7.59. The summed E-state index contributed by atoms with van der Waals surface area (Å²) in [5, 5.41) is 30.2. The van der Waals surface area contributed by atoms with Crippen molar-refractivity contribution in [2.75, 3.05) is 5.32 Å². The Morgan fingerprint density at radius 1 is 1.12 bits per heavy atom. The first kappa shape index (κ1) is 17.2. The van der Waals surface area contributed by atoms with Crippen LogP contribution in [0.2, 0.25) is 0 Å². The number of hydrogen-bond donors (Lipinski definition) is 5. The SMILES string of the molecule is O=C(O)c1cccc(NC(=O)c2cc(O)cc(S(=O)(=O)O)c2O)n1. The zero-order valence-corrected chi connectivity index (χ0v) is 12.5. The van der Waals surface area contributed by atoms with E-state index in [-0.39, 0.29) is 11.5 Å². The van der Waals surface area contributed by atoms with Gasteiger partial charge in [0.1, 0.15) is 22.2 Å². The Balaban J connectivity index is 2.42. The van der Waals surface area contributed by atoms with Gasteiger partial charge < -0.3 is 20.6 Å². The molecule has 0 atom stereocenters. The first-order valence-electron chi connectivity index (χ1n) is 6.15. The summed E-state index contributed by atoms with van der Waals surface area (Å²) in [5.41, 5.74) is -1.02. The number of nitrogens with one attached hydrogen (secondary N) is 1. The molecule has 24 heavy (non-hydrogen) atoms. The molecule has 0 bridgehead atoms. The predicted molar refractivity (Wildman–Crippen MR) is 78.7 cm³/mol. The second-order valence-corrected chi connectivity index (χ2v) is 5.87. The van der Waals surface area contributed by atoms with Gasteiger partial charge >= 0.3 is 5.97 Å². The summed E-state index contributed by atoms with van der Waals surface area (Å²) < 4.78 is 31.2. The van der Waals surface area contributed by atoms with Gasteiger partial charge in [0.05, 0.1) is 5.56 Å². The lowest BCUT2D eigenvalue weighted by molar-refractivity contribution is 0.0690. The average molecular weight is 354 g/mol. The fraction of sp³-hybridized carbons (Fsp3) is 0. The number of carbonyl (C=O) groups is 2. The van der Waals surface area contributed by atoms with E-state index in [0.717, 1.165) is 6.07 Å². The van der Waals surface area contributed by atoms with Gasteiger partial charge in [0.2, 0.25) is 0 Å². The smallest absolute Gasteiger partial charge is 0.354 e. The standard InChI is InChI=1S/C13H10N2O8S/c16-6-4-7(11(17)9(5-6)24(21,22)23)12(18)15-10-3-1-2-8(14-10)13(19)20/h1-5,16-17H,(H,19,20)(H,14,15,18)(H,21,22,23). The number of aromatic nitrogens is 1. The molecular weight excluding hydrogens is 344 g/mol. The van der Waals surface area contributed by atoms with Gasteiger partial charge in [-0.05, 0) is 18.2 Å². The molecule has 0 saturated heterocycles. The Kier molecular flexibility index (Phi) is 4.39. The molecule has 0 radical (unpaired) electrons. The van der Waals surface area contributed by atoms with Crippen LogP contribution in [-0.2, 0) is 10.1 Å². The van der Waals surface area contributed by atoms with E-state index in [2.05, 4.69) is 10.3 Å². The zero-order valence-electron chi connectivity index (χ0n) is 11.7. The molecule has 1 amide bonds. The van der Waals surface area contributed by atoms with Crippen LogP contribution in [0.15, 0.2) is 35.2 Å². The van der Waals surface area contributed by atoms with Crippen LogP contribution >= 0.6 is 0 Å². The van der Waals surface area contributed by atoms with Crippen LogP contribution in [0.3, 0.4) is 0 Å². The highest BCUT2D eigenvalue weighted by Gasteiger charge is 2.24. The second kappa shape index (κ2) is 6.14. The molecule has 126 valence electrons. The Morgan fingerprint density at radius 3 is 2.38 bits per heavy atom. The van der Waals surface area contributed by atoms with Crippen molar-refractivity contribution in [3.05, 3.63) is 41.6 Å². The number of aromatic carboxylic acids is 1. The number of phenolic OH excluding ortho intramolecular Hbond substituents is 2. The number of hydrogen-bond acceptors (Lipinski definition) is 7. The lowest BCUT2D eigenvalue weighted by Gasteiger charge is -2.09. The van der Waals surface area contributed by atoms with Crippen molar-refractivity contribution in [3.63, 3.8) is 0 Å². The zero-order chi connectivity index (χ0) is 18.1. The fourth-order valence-corrected chi connectivity index (χ4v) is 2.39. The quantitative estimate of drug-likeness (QED) is 0.391. The predicted octanol–water partition coefficient (Wildman–Crippen LogP) is 0.690.